The van der Waals surface area contributed by atoms with Gasteiger partial charge in [0.2, 0.25) is 0 Å². The number of nitrogen functional groups attached to an aromatic ring is 1. The van der Waals surface area contributed by atoms with E-state index < -0.39 is 0 Å². The number of anilines is 1. The van der Waals surface area contributed by atoms with Gasteiger partial charge in [0.1, 0.15) is 0 Å². The zero-order chi connectivity index (χ0) is 10.4. The van der Waals surface area contributed by atoms with Crippen LogP contribution in [0.1, 0.15) is 12.0 Å². The van der Waals surface area contributed by atoms with Crippen LogP contribution in [0.15, 0.2) is 23.1 Å². The van der Waals surface area contributed by atoms with Gasteiger partial charge in [0, 0.05) is 10.6 Å². The highest BCUT2D eigenvalue weighted by Crippen LogP contribution is 2.25. The Morgan fingerprint density at radius 2 is 2.21 bits per heavy atom. The van der Waals surface area contributed by atoms with Crippen LogP contribution in [0.25, 0.3) is 0 Å². The van der Waals surface area contributed by atoms with Gasteiger partial charge < -0.3 is 11.1 Å². The van der Waals surface area contributed by atoms with Crippen LogP contribution in [-0.2, 0) is 0 Å². The van der Waals surface area contributed by atoms with Gasteiger partial charge in [-0.25, -0.2) is 0 Å². The van der Waals surface area contributed by atoms with E-state index in [1.807, 2.05) is 24.9 Å². The predicted octanol–water partition coefficient (Wildman–Crippen LogP) is 2.28. The van der Waals surface area contributed by atoms with E-state index in [2.05, 4.69) is 24.4 Å². The summed E-state index contributed by atoms with van der Waals surface area (Å²) < 4.78 is 0. The van der Waals surface area contributed by atoms with E-state index in [1.54, 1.807) is 0 Å². The minimum absolute atomic E-state index is 0.902. The fraction of sp³-hybridized carbons (Fsp3) is 0.455. The van der Waals surface area contributed by atoms with Gasteiger partial charge in [-0.1, -0.05) is 6.07 Å². The van der Waals surface area contributed by atoms with Gasteiger partial charge >= 0.3 is 0 Å². The lowest BCUT2D eigenvalue weighted by molar-refractivity contribution is 0.778. The molecule has 0 saturated carbocycles. The fourth-order valence-corrected chi connectivity index (χ4v) is 2.13. The highest BCUT2D eigenvalue weighted by atomic mass is 32.2. The third-order valence-electron chi connectivity index (χ3n) is 1.99. The van der Waals surface area contributed by atoms with Crippen molar-refractivity contribution in [2.75, 3.05) is 25.1 Å². The van der Waals surface area contributed by atoms with Crippen molar-refractivity contribution >= 4 is 17.4 Å². The zero-order valence-corrected chi connectivity index (χ0v) is 9.66. The first-order chi connectivity index (χ1) is 6.74. The summed E-state index contributed by atoms with van der Waals surface area (Å²) in [7, 11) is 1.98. The zero-order valence-electron chi connectivity index (χ0n) is 8.84. The van der Waals surface area contributed by atoms with Crippen molar-refractivity contribution in [1.29, 1.82) is 0 Å². The molecule has 0 atom stereocenters. The normalized spacial score (nSPS) is 10.4. The van der Waals surface area contributed by atoms with Crippen LogP contribution in [0.4, 0.5) is 5.69 Å². The molecule has 0 aliphatic heterocycles. The Labute approximate surface area is 90.3 Å². The summed E-state index contributed by atoms with van der Waals surface area (Å²) in [6.07, 6.45) is 1.18. The molecular weight excluding hydrogens is 192 g/mol. The topological polar surface area (TPSA) is 38.0 Å². The van der Waals surface area contributed by atoms with Crippen LogP contribution >= 0.6 is 11.8 Å². The van der Waals surface area contributed by atoms with Crippen molar-refractivity contribution in [3.63, 3.8) is 0 Å². The van der Waals surface area contributed by atoms with E-state index in [1.165, 1.54) is 16.9 Å². The van der Waals surface area contributed by atoms with Crippen LogP contribution in [0.2, 0.25) is 0 Å². The Balaban J connectivity index is 2.42. The van der Waals surface area contributed by atoms with E-state index in [0.717, 1.165) is 18.0 Å². The molecule has 0 bridgehead atoms. The van der Waals surface area contributed by atoms with Gasteiger partial charge in [-0.05, 0) is 50.4 Å². The summed E-state index contributed by atoms with van der Waals surface area (Å²) in [6, 6.07) is 6.24. The number of aryl methyl sites for hydroxylation is 1. The number of thioether (sulfide) groups is 1. The first kappa shape index (κ1) is 11.4. The third-order valence-corrected chi connectivity index (χ3v) is 3.17. The molecule has 0 radical (unpaired) electrons. The Kier molecular flexibility index (Phi) is 4.84. The monoisotopic (exact) mass is 210 g/mol. The van der Waals surface area contributed by atoms with Crippen molar-refractivity contribution in [3.05, 3.63) is 23.8 Å². The van der Waals surface area contributed by atoms with Gasteiger partial charge in [-0.2, -0.15) is 0 Å². The lowest BCUT2D eigenvalue weighted by Crippen LogP contribution is -2.08. The molecule has 0 aliphatic carbocycles. The standard InChI is InChI=1S/C11H18N2S/c1-9-4-5-11(10(12)8-9)14-7-3-6-13-2/h4-5,8,13H,3,6-7,12H2,1-2H3. The molecule has 0 unspecified atom stereocenters. The minimum Gasteiger partial charge on any atom is -0.398 e. The maximum Gasteiger partial charge on any atom is 0.0454 e. The quantitative estimate of drug-likeness (QED) is 0.445. The van der Waals surface area contributed by atoms with Crippen molar-refractivity contribution in [2.24, 2.45) is 0 Å². The summed E-state index contributed by atoms with van der Waals surface area (Å²) in [4.78, 5) is 1.20. The molecule has 2 nitrogen and oxygen atoms in total. The molecule has 78 valence electrons. The van der Waals surface area contributed by atoms with E-state index in [0.29, 0.717) is 0 Å². The van der Waals surface area contributed by atoms with Crippen LogP contribution in [0.5, 0.6) is 0 Å². The second kappa shape index (κ2) is 5.94. The summed E-state index contributed by atoms with van der Waals surface area (Å²) in [6.45, 7) is 3.13. The van der Waals surface area contributed by atoms with Gasteiger partial charge in [0.05, 0.1) is 0 Å². The summed E-state index contributed by atoms with van der Waals surface area (Å²) in [5, 5.41) is 3.13. The summed E-state index contributed by atoms with van der Waals surface area (Å²) in [5.74, 6) is 1.12. The van der Waals surface area contributed by atoms with Crippen molar-refractivity contribution in [3.8, 4) is 0 Å². The Morgan fingerprint density at radius 1 is 1.43 bits per heavy atom. The third kappa shape index (κ3) is 3.60. The van der Waals surface area contributed by atoms with E-state index >= 15 is 0 Å². The van der Waals surface area contributed by atoms with E-state index in [9.17, 15) is 0 Å². The van der Waals surface area contributed by atoms with Gasteiger partial charge in [0.25, 0.3) is 0 Å². The molecule has 0 amide bonds. The molecular formula is C11H18N2S. The molecule has 14 heavy (non-hydrogen) atoms. The number of hydrogen-bond donors (Lipinski definition) is 2. The van der Waals surface area contributed by atoms with Crippen LogP contribution < -0.4 is 11.1 Å². The minimum atomic E-state index is 0.902. The molecule has 1 aromatic rings. The fourth-order valence-electron chi connectivity index (χ4n) is 1.23. The Hall–Kier alpha value is -0.670. The van der Waals surface area contributed by atoms with E-state index in [-0.39, 0.29) is 0 Å². The lowest BCUT2D eigenvalue weighted by atomic mass is 10.2. The predicted molar refractivity (Wildman–Crippen MR) is 64.9 cm³/mol. The van der Waals surface area contributed by atoms with Crippen LogP contribution in [0, 0.1) is 6.92 Å². The molecule has 0 fully saturated rings. The largest absolute Gasteiger partial charge is 0.398 e. The first-order valence-electron chi connectivity index (χ1n) is 4.87. The van der Waals surface area contributed by atoms with E-state index in [4.69, 9.17) is 5.73 Å². The smallest absolute Gasteiger partial charge is 0.0454 e. The molecule has 0 aliphatic rings. The molecule has 0 spiro atoms. The highest BCUT2D eigenvalue weighted by molar-refractivity contribution is 7.99. The molecule has 1 aromatic carbocycles. The number of rotatable bonds is 5. The number of nitrogens with two attached hydrogens (primary N) is 1. The van der Waals surface area contributed by atoms with Crippen LogP contribution in [-0.4, -0.2) is 19.3 Å². The van der Waals surface area contributed by atoms with Crippen molar-refractivity contribution in [1.82, 2.24) is 5.32 Å². The number of benzene rings is 1. The number of hydrogen-bond acceptors (Lipinski definition) is 3. The second-order valence-corrected chi connectivity index (χ2v) is 4.48. The van der Waals surface area contributed by atoms with Crippen molar-refractivity contribution < 1.29 is 0 Å². The second-order valence-electron chi connectivity index (χ2n) is 3.35. The summed E-state index contributed by atoms with van der Waals surface area (Å²) >= 11 is 1.83. The Morgan fingerprint density at radius 3 is 2.86 bits per heavy atom. The van der Waals surface area contributed by atoms with Gasteiger partial charge in [-0.3, -0.25) is 0 Å². The average Bonchev–Trinajstić information content (AvgIpc) is 2.15. The average molecular weight is 210 g/mol. The molecule has 0 aromatic heterocycles. The molecule has 3 heteroatoms. The maximum atomic E-state index is 5.90. The Bertz CT molecular complexity index is 287. The van der Waals surface area contributed by atoms with Crippen molar-refractivity contribution in [2.45, 2.75) is 18.2 Å². The maximum absolute atomic E-state index is 5.90. The SMILES string of the molecule is CNCCCSc1ccc(C)cc1N. The molecule has 0 saturated heterocycles. The molecule has 1 rings (SSSR count). The van der Waals surface area contributed by atoms with Gasteiger partial charge in [-0.15, -0.1) is 11.8 Å². The highest BCUT2D eigenvalue weighted by Gasteiger charge is 1.99. The first-order valence-corrected chi connectivity index (χ1v) is 5.86. The summed E-state index contributed by atoms with van der Waals surface area (Å²) in [5.41, 5.74) is 8.03. The van der Waals surface area contributed by atoms with Gasteiger partial charge in [0.15, 0.2) is 0 Å². The van der Waals surface area contributed by atoms with Crippen LogP contribution in [0.3, 0.4) is 0 Å². The number of nitrogens with one attached hydrogen (secondary N) is 1. The molecule has 3 N–H and O–H groups in total. The lowest BCUT2D eigenvalue weighted by Gasteiger charge is -2.05. The molecule has 0 heterocycles.